The Hall–Kier alpha value is -1.92. The summed E-state index contributed by atoms with van der Waals surface area (Å²) >= 11 is 11.9. The zero-order valence-electron chi connectivity index (χ0n) is 12.3. The van der Waals surface area contributed by atoms with Gasteiger partial charge in [-0.25, -0.2) is 0 Å². The van der Waals surface area contributed by atoms with Gasteiger partial charge in [-0.05, 0) is 24.3 Å². The monoisotopic (exact) mass is 378 g/mol. The van der Waals surface area contributed by atoms with E-state index < -0.39 is 6.61 Å². The number of rotatable bonds is 8. The molecule has 0 bridgehead atoms. The molecule has 0 fully saturated rings. The van der Waals surface area contributed by atoms with E-state index in [0.717, 1.165) is 0 Å². The quantitative estimate of drug-likeness (QED) is 0.645. The Morgan fingerprint density at radius 1 is 0.917 bits per heavy atom. The maximum atomic E-state index is 12.0. The molecule has 0 atom stereocenters. The van der Waals surface area contributed by atoms with Gasteiger partial charge in [-0.1, -0.05) is 23.2 Å². The second-order valence-electron chi connectivity index (χ2n) is 4.64. The van der Waals surface area contributed by atoms with Crippen molar-refractivity contribution in [3.05, 3.63) is 46.4 Å². The lowest BCUT2D eigenvalue weighted by Gasteiger charge is -2.11. The molecule has 0 aliphatic heterocycles. The third-order valence-electron chi connectivity index (χ3n) is 2.84. The van der Waals surface area contributed by atoms with Crippen molar-refractivity contribution in [3.63, 3.8) is 0 Å². The average Bonchev–Trinajstić information content (AvgIpc) is 2.50. The summed E-state index contributed by atoms with van der Waals surface area (Å²) in [4.78, 5) is 0. The summed E-state index contributed by atoms with van der Waals surface area (Å²) in [6.45, 7) is -2.20. The molecule has 2 aromatic carbocycles. The molecule has 2 aromatic rings. The zero-order valence-corrected chi connectivity index (χ0v) is 13.9. The summed E-state index contributed by atoms with van der Waals surface area (Å²) in [5.41, 5.74) is 0. The van der Waals surface area contributed by atoms with Gasteiger partial charge in [-0.2, -0.15) is 8.78 Å². The number of benzene rings is 2. The molecule has 0 heterocycles. The lowest BCUT2D eigenvalue weighted by Crippen LogP contribution is -2.06. The lowest BCUT2D eigenvalue weighted by molar-refractivity contribution is -0.0498. The molecule has 0 saturated heterocycles. The third kappa shape index (κ3) is 5.62. The molecular weight excluding hydrogens is 365 g/mol. The molecule has 0 aliphatic rings. The van der Waals surface area contributed by atoms with Crippen LogP contribution < -0.4 is 14.2 Å². The normalized spacial score (nSPS) is 10.7. The molecule has 2 rings (SSSR count). The average molecular weight is 379 g/mol. The van der Waals surface area contributed by atoms with Crippen molar-refractivity contribution in [2.24, 2.45) is 0 Å². The van der Waals surface area contributed by atoms with Crippen LogP contribution in [0.1, 0.15) is 6.42 Å². The molecule has 130 valence electrons. The largest absolute Gasteiger partial charge is 0.508 e. The third-order valence-corrected chi connectivity index (χ3v) is 3.40. The number of ether oxygens (including phenoxy) is 3. The topological polar surface area (TPSA) is 47.9 Å². The van der Waals surface area contributed by atoms with Crippen molar-refractivity contribution in [1.29, 1.82) is 0 Å². The molecule has 0 radical (unpaired) electrons. The highest BCUT2D eigenvalue weighted by Crippen LogP contribution is 2.36. The van der Waals surface area contributed by atoms with E-state index in [1.54, 1.807) is 0 Å². The SMILES string of the molecule is Oc1cc(Cl)c(OCCCOc2ccc(OC(F)F)cc2)c(Cl)c1. The first kappa shape index (κ1) is 18.4. The van der Waals surface area contributed by atoms with E-state index in [2.05, 4.69) is 4.74 Å². The maximum Gasteiger partial charge on any atom is 0.387 e. The number of alkyl halides is 2. The summed E-state index contributed by atoms with van der Waals surface area (Å²) in [6, 6.07) is 8.53. The molecule has 0 aromatic heterocycles. The molecular formula is C16H14Cl2F2O4. The molecule has 0 saturated carbocycles. The Balaban J connectivity index is 1.73. The van der Waals surface area contributed by atoms with Gasteiger partial charge < -0.3 is 19.3 Å². The number of hydrogen-bond acceptors (Lipinski definition) is 4. The zero-order chi connectivity index (χ0) is 17.5. The van der Waals surface area contributed by atoms with Gasteiger partial charge >= 0.3 is 6.61 Å². The van der Waals surface area contributed by atoms with Crippen molar-refractivity contribution in [3.8, 4) is 23.0 Å². The first-order valence-electron chi connectivity index (χ1n) is 6.94. The Labute approximate surface area is 147 Å². The predicted molar refractivity (Wildman–Crippen MR) is 86.8 cm³/mol. The van der Waals surface area contributed by atoms with E-state index in [-0.39, 0.29) is 21.5 Å². The summed E-state index contributed by atoms with van der Waals surface area (Å²) in [5, 5.41) is 9.76. The highest BCUT2D eigenvalue weighted by molar-refractivity contribution is 6.37. The fourth-order valence-electron chi connectivity index (χ4n) is 1.82. The Morgan fingerprint density at radius 2 is 1.46 bits per heavy atom. The van der Waals surface area contributed by atoms with Crippen LogP contribution in [0.5, 0.6) is 23.0 Å². The Kier molecular flexibility index (Phi) is 6.75. The Morgan fingerprint density at radius 3 is 2.04 bits per heavy atom. The highest BCUT2D eigenvalue weighted by atomic mass is 35.5. The van der Waals surface area contributed by atoms with Crippen LogP contribution in [0, 0.1) is 0 Å². The van der Waals surface area contributed by atoms with Crippen LogP contribution in [-0.2, 0) is 0 Å². The standard InChI is InChI=1S/C16H14Cl2F2O4/c17-13-8-10(21)9-14(18)15(13)23-7-1-6-22-11-2-4-12(5-3-11)24-16(19)20/h2-5,8-9,16,21H,1,6-7H2. The molecule has 0 aliphatic carbocycles. The fourth-order valence-corrected chi connectivity index (χ4v) is 2.41. The summed E-state index contributed by atoms with van der Waals surface area (Å²) in [5.74, 6) is 0.846. The van der Waals surface area contributed by atoms with Crippen molar-refractivity contribution in [1.82, 2.24) is 0 Å². The van der Waals surface area contributed by atoms with Crippen LogP contribution in [0.25, 0.3) is 0 Å². The predicted octanol–water partition coefficient (Wildman–Crippen LogP) is 5.15. The van der Waals surface area contributed by atoms with Crippen LogP contribution in [0.15, 0.2) is 36.4 Å². The van der Waals surface area contributed by atoms with Gasteiger partial charge in [0.15, 0.2) is 5.75 Å². The van der Waals surface area contributed by atoms with Gasteiger partial charge in [0.25, 0.3) is 0 Å². The van der Waals surface area contributed by atoms with E-state index in [1.807, 2.05) is 0 Å². The first-order valence-corrected chi connectivity index (χ1v) is 7.70. The molecule has 24 heavy (non-hydrogen) atoms. The van der Waals surface area contributed by atoms with Gasteiger partial charge in [0.2, 0.25) is 0 Å². The molecule has 0 spiro atoms. The molecule has 1 N–H and O–H groups in total. The minimum atomic E-state index is -2.85. The van der Waals surface area contributed by atoms with Crippen molar-refractivity contribution in [2.75, 3.05) is 13.2 Å². The van der Waals surface area contributed by atoms with Crippen LogP contribution in [0.2, 0.25) is 10.0 Å². The first-order chi connectivity index (χ1) is 11.5. The minimum absolute atomic E-state index is 0.0417. The molecule has 0 unspecified atom stereocenters. The summed E-state index contributed by atoms with van der Waals surface area (Å²) < 4.78 is 39.2. The molecule has 0 amide bonds. The Bertz CT molecular complexity index is 643. The fraction of sp³-hybridized carbons (Fsp3) is 0.250. The van der Waals surface area contributed by atoms with Crippen LogP contribution >= 0.6 is 23.2 Å². The summed E-state index contributed by atoms with van der Waals surface area (Å²) in [7, 11) is 0. The second kappa shape index (κ2) is 8.80. The second-order valence-corrected chi connectivity index (χ2v) is 5.45. The number of halogens is 4. The van der Waals surface area contributed by atoms with Crippen LogP contribution in [0.3, 0.4) is 0 Å². The van der Waals surface area contributed by atoms with E-state index in [1.165, 1.54) is 36.4 Å². The van der Waals surface area contributed by atoms with E-state index in [9.17, 15) is 13.9 Å². The highest BCUT2D eigenvalue weighted by Gasteiger charge is 2.09. The molecule has 4 nitrogen and oxygen atoms in total. The van der Waals surface area contributed by atoms with Gasteiger partial charge in [0.1, 0.15) is 17.2 Å². The minimum Gasteiger partial charge on any atom is -0.508 e. The number of phenols is 1. The van der Waals surface area contributed by atoms with E-state index >= 15 is 0 Å². The van der Waals surface area contributed by atoms with Crippen molar-refractivity contribution >= 4 is 23.2 Å². The number of aromatic hydroxyl groups is 1. The van der Waals surface area contributed by atoms with Gasteiger partial charge in [-0.3, -0.25) is 0 Å². The van der Waals surface area contributed by atoms with Crippen molar-refractivity contribution in [2.45, 2.75) is 13.0 Å². The van der Waals surface area contributed by atoms with E-state index in [0.29, 0.717) is 31.1 Å². The summed E-state index contributed by atoms with van der Waals surface area (Å²) in [6.07, 6.45) is 0.544. The maximum absolute atomic E-state index is 12.0. The molecule has 8 heteroatoms. The number of phenolic OH excluding ortho intramolecular Hbond substituents is 1. The smallest absolute Gasteiger partial charge is 0.387 e. The van der Waals surface area contributed by atoms with Crippen molar-refractivity contribution < 1.29 is 28.1 Å². The van der Waals surface area contributed by atoms with Gasteiger partial charge in [0, 0.05) is 18.6 Å². The lowest BCUT2D eigenvalue weighted by atomic mass is 10.3. The van der Waals surface area contributed by atoms with Gasteiger partial charge in [0.05, 0.1) is 23.3 Å². The number of hydrogen-bond donors (Lipinski definition) is 1. The van der Waals surface area contributed by atoms with Gasteiger partial charge in [-0.15, -0.1) is 0 Å². The van der Waals surface area contributed by atoms with Crippen LogP contribution in [-0.4, -0.2) is 24.9 Å². The van der Waals surface area contributed by atoms with Crippen LogP contribution in [0.4, 0.5) is 8.78 Å². The van der Waals surface area contributed by atoms with E-state index in [4.69, 9.17) is 32.7 Å².